The van der Waals surface area contributed by atoms with Crippen LogP contribution in [-0.2, 0) is 4.79 Å². The first-order valence-corrected chi connectivity index (χ1v) is 4.37. The monoisotopic (exact) mass is 218 g/mol. The maximum absolute atomic E-state index is 11.4. The molecule has 1 N–H and O–H groups in total. The van der Waals surface area contributed by atoms with Crippen LogP contribution in [0.2, 0.25) is 0 Å². The van der Waals surface area contributed by atoms with Gasteiger partial charge >= 0.3 is 0 Å². The summed E-state index contributed by atoms with van der Waals surface area (Å²) < 4.78 is 4.96. The molecule has 0 unspecified atom stereocenters. The van der Waals surface area contributed by atoms with Crippen molar-refractivity contribution >= 4 is 11.6 Å². The van der Waals surface area contributed by atoms with E-state index in [9.17, 15) is 4.79 Å². The Labute approximate surface area is 92.2 Å². The van der Waals surface area contributed by atoms with Crippen LogP contribution >= 0.6 is 0 Å². The molecule has 0 aromatic heterocycles. The molecule has 0 saturated heterocycles. The zero-order chi connectivity index (χ0) is 12.0. The second-order valence-corrected chi connectivity index (χ2v) is 2.82. The van der Waals surface area contributed by atoms with Gasteiger partial charge in [0.1, 0.15) is 5.75 Å². The molecule has 0 radical (unpaired) electrons. The number of nitrogens with one attached hydrogen (secondary N) is 1. The Morgan fingerprint density at radius 2 is 2.12 bits per heavy atom. The lowest BCUT2D eigenvalue weighted by molar-refractivity contribution is -0.112. The second-order valence-electron chi connectivity index (χ2n) is 2.82. The van der Waals surface area contributed by atoms with E-state index in [1.165, 1.54) is 0 Å². The Morgan fingerprint density at radius 3 is 2.62 bits per heavy atom. The fraction of sp³-hybridized carbons (Fsp3) is 0.100. The van der Waals surface area contributed by atoms with Crippen molar-refractivity contribution in [2.24, 2.45) is 5.11 Å². The van der Waals surface area contributed by atoms with Crippen LogP contribution in [0.15, 0.2) is 41.7 Å². The van der Waals surface area contributed by atoms with Gasteiger partial charge in [-0.05, 0) is 29.8 Å². The van der Waals surface area contributed by atoms with E-state index >= 15 is 0 Å². The molecular weight excluding hydrogens is 208 g/mol. The van der Waals surface area contributed by atoms with Crippen molar-refractivity contribution < 1.29 is 9.53 Å². The van der Waals surface area contributed by atoms with Crippen LogP contribution in [0.4, 0.5) is 5.69 Å². The molecule has 82 valence electrons. The highest BCUT2D eigenvalue weighted by molar-refractivity contribution is 6.02. The highest BCUT2D eigenvalue weighted by Crippen LogP contribution is 2.15. The van der Waals surface area contributed by atoms with Crippen LogP contribution in [0, 0.1) is 0 Å². The topological polar surface area (TPSA) is 87.1 Å². The number of ether oxygens (including phenoxy) is 1. The highest BCUT2D eigenvalue weighted by atomic mass is 16.5. The fourth-order valence-electron chi connectivity index (χ4n) is 0.977. The van der Waals surface area contributed by atoms with Gasteiger partial charge in [-0.2, -0.15) is 0 Å². The molecule has 0 fully saturated rings. The molecule has 1 amide bonds. The third-order valence-corrected chi connectivity index (χ3v) is 1.78. The van der Waals surface area contributed by atoms with E-state index in [0.717, 1.165) is 0 Å². The number of carbonyl (C=O) groups is 1. The van der Waals surface area contributed by atoms with Crippen molar-refractivity contribution in [3.8, 4) is 5.75 Å². The summed E-state index contributed by atoms with van der Waals surface area (Å²) in [5, 5.41) is 5.62. The second kappa shape index (κ2) is 5.43. The summed E-state index contributed by atoms with van der Waals surface area (Å²) in [6.07, 6.45) is 0. The zero-order valence-corrected chi connectivity index (χ0v) is 8.67. The molecule has 0 spiro atoms. The normalized spacial score (nSPS) is 8.81. The van der Waals surface area contributed by atoms with Gasteiger partial charge in [0.2, 0.25) is 0 Å². The Morgan fingerprint density at radius 1 is 1.50 bits per heavy atom. The highest BCUT2D eigenvalue weighted by Gasteiger charge is 2.04. The number of methoxy groups -OCH3 is 1. The van der Waals surface area contributed by atoms with Gasteiger partial charge < -0.3 is 10.1 Å². The molecule has 6 nitrogen and oxygen atoms in total. The maximum atomic E-state index is 11.4. The summed E-state index contributed by atoms with van der Waals surface area (Å²) in [7, 11) is 1.55. The van der Waals surface area contributed by atoms with Crippen molar-refractivity contribution in [2.45, 2.75) is 0 Å². The van der Waals surface area contributed by atoms with Gasteiger partial charge in [0.15, 0.2) is 0 Å². The molecule has 0 bridgehead atoms. The molecule has 1 aromatic rings. The quantitative estimate of drug-likeness (QED) is 0.364. The predicted molar refractivity (Wildman–Crippen MR) is 59.9 cm³/mol. The van der Waals surface area contributed by atoms with Gasteiger partial charge in [0, 0.05) is 10.6 Å². The first-order chi connectivity index (χ1) is 7.67. The van der Waals surface area contributed by atoms with Crippen LogP contribution in [0.3, 0.4) is 0 Å². The van der Waals surface area contributed by atoms with E-state index in [2.05, 4.69) is 21.9 Å². The molecule has 0 aliphatic heterocycles. The number of hydrogen-bond acceptors (Lipinski definition) is 3. The van der Waals surface area contributed by atoms with Gasteiger partial charge in [-0.3, -0.25) is 4.79 Å². The van der Waals surface area contributed by atoms with E-state index < -0.39 is 5.91 Å². The average Bonchev–Trinajstić information content (AvgIpc) is 2.30. The summed E-state index contributed by atoms with van der Waals surface area (Å²) in [6.45, 7) is 3.32. The largest absolute Gasteiger partial charge is 0.497 e. The van der Waals surface area contributed by atoms with Gasteiger partial charge in [-0.15, -0.1) is 0 Å². The van der Waals surface area contributed by atoms with Gasteiger partial charge in [-0.25, -0.2) is 0 Å². The third-order valence-electron chi connectivity index (χ3n) is 1.78. The van der Waals surface area contributed by atoms with E-state index in [1.54, 1.807) is 31.4 Å². The van der Waals surface area contributed by atoms with Crippen LogP contribution in [0.1, 0.15) is 0 Å². The minimum Gasteiger partial charge on any atom is -0.497 e. The van der Waals surface area contributed by atoms with Gasteiger partial charge in [-0.1, -0.05) is 11.7 Å². The lowest BCUT2D eigenvalue weighted by atomic mass is 10.3. The summed E-state index contributed by atoms with van der Waals surface area (Å²) >= 11 is 0. The minimum atomic E-state index is -0.539. The number of rotatable bonds is 4. The average molecular weight is 218 g/mol. The maximum Gasteiger partial charge on any atom is 0.257 e. The summed E-state index contributed by atoms with van der Waals surface area (Å²) in [5.74, 6) is 0.148. The van der Waals surface area contributed by atoms with Crippen LogP contribution < -0.4 is 10.1 Å². The van der Waals surface area contributed by atoms with Crippen molar-refractivity contribution in [2.75, 3.05) is 12.4 Å². The lowest BCUT2D eigenvalue weighted by Crippen LogP contribution is -2.11. The number of benzene rings is 1. The minimum absolute atomic E-state index is 0.182. The number of hydrogen-bond donors (Lipinski definition) is 1. The van der Waals surface area contributed by atoms with Gasteiger partial charge in [0.05, 0.1) is 12.8 Å². The fourth-order valence-corrected chi connectivity index (χ4v) is 0.977. The van der Waals surface area contributed by atoms with Crippen LogP contribution in [-0.4, -0.2) is 13.0 Å². The standard InChI is InChI=1S/C10H10N4O2/c1-7(13-14-11)10(15)12-8-3-5-9(16-2)6-4-8/h3-6H,1H2,2H3,(H,12,15). The van der Waals surface area contributed by atoms with Crippen molar-refractivity contribution in [3.05, 3.63) is 47.0 Å². The summed E-state index contributed by atoms with van der Waals surface area (Å²) in [4.78, 5) is 13.8. The Bertz CT molecular complexity index is 446. The SMILES string of the molecule is C=C(N=[N+]=[N-])C(=O)Nc1ccc(OC)cc1. The molecule has 0 heterocycles. The van der Waals surface area contributed by atoms with Gasteiger partial charge in [0.25, 0.3) is 5.91 Å². The van der Waals surface area contributed by atoms with E-state index in [-0.39, 0.29) is 5.70 Å². The smallest absolute Gasteiger partial charge is 0.257 e. The van der Waals surface area contributed by atoms with E-state index in [0.29, 0.717) is 11.4 Å². The molecule has 1 rings (SSSR count). The number of anilines is 1. The number of azide groups is 1. The lowest BCUT2D eigenvalue weighted by Gasteiger charge is -2.05. The molecule has 0 aliphatic carbocycles. The molecular formula is C10H10N4O2. The predicted octanol–water partition coefficient (Wildman–Crippen LogP) is 2.46. The summed E-state index contributed by atoms with van der Waals surface area (Å²) in [5.41, 5.74) is 8.51. The Hall–Kier alpha value is -2.46. The van der Waals surface area contributed by atoms with Crippen LogP contribution in [0.25, 0.3) is 10.4 Å². The summed E-state index contributed by atoms with van der Waals surface area (Å²) in [6, 6.07) is 6.73. The molecule has 6 heteroatoms. The third kappa shape index (κ3) is 3.04. The number of amides is 1. The van der Waals surface area contributed by atoms with Crippen molar-refractivity contribution in [3.63, 3.8) is 0 Å². The molecule has 0 aliphatic rings. The number of carbonyl (C=O) groups excluding carboxylic acids is 1. The Kier molecular flexibility index (Phi) is 3.94. The molecule has 0 atom stereocenters. The van der Waals surface area contributed by atoms with Crippen LogP contribution in [0.5, 0.6) is 5.75 Å². The van der Waals surface area contributed by atoms with E-state index in [1.807, 2.05) is 0 Å². The number of nitrogens with zero attached hydrogens (tertiary/aromatic N) is 3. The molecule has 0 saturated carbocycles. The van der Waals surface area contributed by atoms with Crippen molar-refractivity contribution in [1.29, 1.82) is 0 Å². The Balaban J connectivity index is 2.69. The molecule has 1 aromatic carbocycles. The first-order valence-electron chi connectivity index (χ1n) is 4.37. The first kappa shape index (κ1) is 11.6. The van der Waals surface area contributed by atoms with E-state index in [4.69, 9.17) is 10.3 Å². The zero-order valence-electron chi connectivity index (χ0n) is 8.67. The molecule has 16 heavy (non-hydrogen) atoms. The van der Waals surface area contributed by atoms with Crippen molar-refractivity contribution in [1.82, 2.24) is 0 Å².